The molecule has 15 heavy (non-hydrogen) atoms. The van der Waals surface area contributed by atoms with Gasteiger partial charge in [-0.05, 0) is 25.8 Å². The molecule has 1 saturated heterocycles. The predicted molar refractivity (Wildman–Crippen MR) is 55.5 cm³/mol. The number of carbonyl (C=O) groups excluding carboxylic acids is 1. The van der Waals surface area contributed by atoms with Crippen LogP contribution in [0.25, 0.3) is 0 Å². The maximum atomic E-state index is 11.8. The average molecular weight is 214 g/mol. The van der Waals surface area contributed by atoms with Crippen molar-refractivity contribution in [1.29, 1.82) is 0 Å². The van der Waals surface area contributed by atoms with Crippen LogP contribution < -0.4 is 5.32 Å². The van der Waals surface area contributed by atoms with E-state index in [0.29, 0.717) is 19.0 Å². The van der Waals surface area contributed by atoms with E-state index in [1.807, 2.05) is 0 Å². The molecule has 0 aromatic heterocycles. The molecule has 5 heteroatoms. The maximum absolute atomic E-state index is 11.8. The Kier molecular flexibility index (Phi) is 4.08. The number of rotatable bonds is 3. The van der Waals surface area contributed by atoms with Gasteiger partial charge in [0.15, 0.2) is 6.04 Å². The third-order valence-corrected chi connectivity index (χ3v) is 2.88. The Morgan fingerprint density at radius 1 is 1.40 bits per heavy atom. The molecule has 0 bridgehead atoms. The fraction of sp³-hybridized carbons (Fsp3) is 0.800. The van der Waals surface area contributed by atoms with Crippen LogP contribution in [0.4, 0.5) is 0 Å². The lowest BCUT2D eigenvalue weighted by atomic mass is 9.99. The summed E-state index contributed by atoms with van der Waals surface area (Å²) in [4.78, 5) is 24.2. The summed E-state index contributed by atoms with van der Waals surface area (Å²) in [6.45, 7) is 3.49. The lowest BCUT2D eigenvalue weighted by Gasteiger charge is -2.31. The minimum atomic E-state index is -1.11. The number of aliphatic carboxylic acids is 1. The van der Waals surface area contributed by atoms with Crippen molar-refractivity contribution in [2.45, 2.75) is 25.8 Å². The van der Waals surface area contributed by atoms with Crippen LogP contribution in [-0.4, -0.2) is 48.1 Å². The van der Waals surface area contributed by atoms with Crippen molar-refractivity contribution in [3.63, 3.8) is 0 Å². The van der Waals surface area contributed by atoms with Crippen LogP contribution in [0, 0.1) is 5.92 Å². The van der Waals surface area contributed by atoms with E-state index in [2.05, 4.69) is 12.2 Å². The third kappa shape index (κ3) is 2.92. The number of piperidine rings is 1. The fourth-order valence-electron chi connectivity index (χ4n) is 1.76. The second-order valence-electron chi connectivity index (χ2n) is 4.07. The monoisotopic (exact) mass is 214 g/mol. The van der Waals surface area contributed by atoms with Crippen molar-refractivity contribution in [2.24, 2.45) is 5.92 Å². The summed E-state index contributed by atoms with van der Waals surface area (Å²) in [7, 11) is 1.49. The van der Waals surface area contributed by atoms with E-state index in [1.54, 1.807) is 4.90 Å². The zero-order chi connectivity index (χ0) is 11.4. The Hall–Kier alpha value is -1.10. The van der Waals surface area contributed by atoms with E-state index in [0.717, 1.165) is 12.8 Å². The summed E-state index contributed by atoms with van der Waals surface area (Å²) in [6.07, 6.45) is 1.92. The lowest BCUT2D eigenvalue weighted by Crippen LogP contribution is -2.51. The minimum absolute atomic E-state index is 0.322. The number of hydrogen-bond acceptors (Lipinski definition) is 3. The molecule has 1 heterocycles. The first-order valence-corrected chi connectivity index (χ1v) is 5.25. The summed E-state index contributed by atoms with van der Waals surface area (Å²) >= 11 is 0. The van der Waals surface area contributed by atoms with Gasteiger partial charge in [0.2, 0.25) is 0 Å². The molecule has 1 fully saturated rings. The number of nitrogens with one attached hydrogen (secondary N) is 1. The van der Waals surface area contributed by atoms with Gasteiger partial charge in [0.25, 0.3) is 5.91 Å². The first kappa shape index (κ1) is 12.0. The summed E-state index contributed by atoms with van der Waals surface area (Å²) in [5, 5.41) is 11.3. The number of amides is 1. The highest BCUT2D eigenvalue weighted by atomic mass is 16.4. The van der Waals surface area contributed by atoms with Gasteiger partial charge in [0, 0.05) is 13.1 Å². The quantitative estimate of drug-likeness (QED) is 0.645. The lowest BCUT2D eigenvalue weighted by molar-refractivity contribution is -0.148. The van der Waals surface area contributed by atoms with Gasteiger partial charge in [-0.25, -0.2) is 4.79 Å². The van der Waals surface area contributed by atoms with E-state index in [-0.39, 0.29) is 5.91 Å². The van der Waals surface area contributed by atoms with Gasteiger partial charge in [0.05, 0.1) is 0 Å². The van der Waals surface area contributed by atoms with Crippen molar-refractivity contribution >= 4 is 11.9 Å². The van der Waals surface area contributed by atoms with Gasteiger partial charge < -0.3 is 10.0 Å². The number of hydrogen-bond donors (Lipinski definition) is 2. The summed E-state index contributed by atoms with van der Waals surface area (Å²) in [6, 6.07) is -1.10. The molecule has 0 aromatic carbocycles. The van der Waals surface area contributed by atoms with E-state index in [1.165, 1.54) is 7.05 Å². The smallest absolute Gasteiger partial charge is 0.330 e. The van der Waals surface area contributed by atoms with Crippen LogP contribution in [0.2, 0.25) is 0 Å². The highest BCUT2D eigenvalue weighted by molar-refractivity contribution is 6.01. The highest BCUT2D eigenvalue weighted by Crippen LogP contribution is 2.16. The molecular weight excluding hydrogens is 196 g/mol. The topological polar surface area (TPSA) is 69.6 Å². The van der Waals surface area contributed by atoms with E-state index in [4.69, 9.17) is 5.11 Å². The van der Waals surface area contributed by atoms with Crippen LogP contribution in [0.15, 0.2) is 0 Å². The molecule has 1 unspecified atom stereocenters. The standard InChI is InChI=1S/C10H18N2O3/c1-7-3-5-12(6-4-7)9(13)8(11-2)10(14)15/h7-8,11H,3-6H2,1-2H3,(H,14,15). The fourth-order valence-corrected chi connectivity index (χ4v) is 1.76. The zero-order valence-corrected chi connectivity index (χ0v) is 9.19. The molecule has 0 aliphatic carbocycles. The Morgan fingerprint density at radius 2 is 1.93 bits per heavy atom. The molecule has 1 aliphatic heterocycles. The molecule has 5 nitrogen and oxygen atoms in total. The third-order valence-electron chi connectivity index (χ3n) is 2.88. The molecular formula is C10H18N2O3. The number of carbonyl (C=O) groups is 2. The first-order valence-electron chi connectivity index (χ1n) is 5.25. The molecule has 1 atom stereocenters. The average Bonchev–Trinajstić information content (AvgIpc) is 2.19. The van der Waals surface area contributed by atoms with Crippen LogP contribution >= 0.6 is 0 Å². The molecule has 86 valence electrons. The van der Waals surface area contributed by atoms with E-state index < -0.39 is 12.0 Å². The number of carboxylic acids is 1. The van der Waals surface area contributed by atoms with Crippen molar-refractivity contribution in [2.75, 3.05) is 20.1 Å². The Balaban J connectivity index is 2.55. The van der Waals surface area contributed by atoms with Crippen molar-refractivity contribution in [3.05, 3.63) is 0 Å². The summed E-state index contributed by atoms with van der Waals surface area (Å²) < 4.78 is 0. The normalized spacial score (nSPS) is 20.0. The van der Waals surface area contributed by atoms with Gasteiger partial charge >= 0.3 is 5.97 Å². The highest BCUT2D eigenvalue weighted by Gasteiger charge is 2.30. The van der Waals surface area contributed by atoms with Crippen LogP contribution in [0.5, 0.6) is 0 Å². The van der Waals surface area contributed by atoms with Crippen molar-refractivity contribution in [1.82, 2.24) is 10.2 Å². The van der Waals surface area contributed by atoms with Gasteiger partial charge in [-0.15, -0.1) is 0 Å². The largest absolute Gasteiger partial charge is 0.480 e. The minimum Gasteiger partial charge on any atom is -0.480 e. The second-order valence-corrected chi connectivity index (χ2v) is 4.07. The predicted octanol–water partition coefficient (Wildman–Crippen LogP) is -0.0825. The number of nitrogens with zero attached hydrogens (tertiary/aromatic N) is 1. The molecule has 0 spiro atoms. The second kappa shape index (κ2) is 5.11. The Morgan fingerprint density at radius 3 is 2.33 bits per heavy atom. The van der Waals surface area contributed by atoms with Crippen molar-refractivity contribution in [3.8, 4) is 0 Å². The Bertz CT molecular complexity index is 247. The first-order chi connectivity index (χ1) is 7.06. The summed E-state index contributed by atoms with van der Waals surface area (Å²) in [5.74, 6) is -0.801. The Labute approximate surface area is 89.4 Å². The van der Waals surface area contributed by atoms with Crippen molar-refractivity contribution < 1.29 is 14.7 Å². The van der Waals surface area contributed by atoms with Gasteiger partial charge in [0.1, 0.15) is 0 Å². The van der Waals surface area contributed by atoms with Crippen LogP contribution in [0.1, 0.15) is 19.8 Å². The van der Waals surface area contributed by atoms with Crippen LogP contribution in [-0.2, 0) is 9.59 Å². The maximum Gasteiger partial charge on any atom is 0.330 e. The number of likely N-dealkylation sites (N-methyl/N-ethyl adjacent to an activating group) is 1. The molecule has 0 saturated carbocycles. The number of carboxylic acid groups (broad SMARTS) is 1. The summed E-state index contributed by atoms with van der Waals surface area (Å²) in [5.41, 5.74) is 0. The molecule has 1 aliphatic rings. The molecule has 2 N–H and O–H groups in total. The van der Waals surface area contributed by atoms with E-state index in [9.17, 15) is 9.59 Å². The number of likely N-dealkylation sites (tertiary alicyclic amines) is 1. The van der Waals surface area contributed by atoms with Gasteiger partial charge in [-0.3, -0.25) is 10.1 Å². The van der Waals surface area contributed by atoms with Crippen LogP contribution in [0.3, 0.4) is 0 Å². The SMILES string of the molecule is CNC(C(=O)O)C(=O)N1CCC(C)CC1. The zero-order valence-electron chi connectivity index (χ0n) is 9.19. The van der Waals surface area contributed by atoms with Gasteiger partial charge in [-0.1, -0.05) is 6.92 Å². The molecule has 0 aromatic rings. The molecule has 1 amide bonds. The molecule has 1 rings (SSSR count). The molecule has 0 radical (unpaired) electrons. The van der Waals surface area contributed by atoms with E-state index >= 15 is 0 Å². The van der Waals surface area contributed by atoms with Gasteiger partial charge in [-0.2, -0.15) is 0 Å².